The lowest BCUT2D eigenvalue weighted by molar-refractivity contribution is 0.415. The Morgan fingerprint density at radius 3 is 2.62 bits per heavy atom. The molecule has 47 valence electrons. The van der Waals surface area contributed by atoms with E-state index in [2.05, 4.69) is 6.92 Å². The Hall–Kier alpha value is -0.460. The summed E-state index contributed by atoms with van der Waals surface area (Å²) in [6.45, 7) is 3.90. The molecule has 0 aromatic carbocycles. The van der Waals surface area contributed by atoms with Gasteiger partial charge in [-0.2, -0.15) is 0 Å². The number of aliphatic hydroxyl groups is 1. The zero-order valence-electron chi connectivity index (χ0n) is 5.52. The number of hydrogen-bond acceptors (Lipinski definition) is 1. The summed E-state index contributed by atoms with van der Waals surface area (Å²) in [5.74, 6) is 0.395. The normalized spacial score (nSPS) is 12.0. The zero-order valence-corrected chi connectivity index (χ0v) is 5.52. The first-order valence-corrected chi connectivity index (χ1v) is 2.99. The number of hydrogen-bond donors (Lipinski definition) is 1. The van der Waals surface area contributed by atoms with Crippen LogP contribution in [0.15, 0.2) is 11.8 Å². The van der Waals surface area contributed by atoms with E-state index in [4.69, 9.17) is 5.11 Å². The molecule has 0 fully saturated rings. The van der Waals surface area contributed by atoms with Crippen molar-refractivity contribution in [3.8, 4) is 0 Å². The lowest BCUT2D eigenvalue weighted by atomic mass is 10.2. The van der Waals surface area contributed by atoms with Crippen LogP contribution < -0.4 is 0 Å². The Balaban J connectivity index is 3.12. The minimum absolute atomic E-state index is 0.395. The largest absolute Gasteiger partial charge is 0.512 e. The minimum atomic E-state index is 0.395. The maximum absolute atomic E-state index is 8.79. The molecule has 0 spiro atoms. The third kappa shape index (κ3) is 3.72. The highest BCUT2D eigenvalue weighted by Gasteiger charge is 1.87. The standard InChI is InChI=1S/C7H13O/c1-3-5-6-7(8)4-2/h4,6,8H,3,5H2,1-2H3/b7-4+. The van der Waals surface area contributed by atoms with Crippen molar-refractivity contribution < 1.29 is 5.11 Å². The second-order valence-electron chi connectivity index (χ2n) is 1.71. The highest BCUT2D eigenvalue weighted by Crippen LogP contribution is 2.00. The van der Waals surface area contributed by atoms with E-state index in [0.29, 0.717) is 5.76 Å². The molecule has 0 amide bonds. The van der Waals surface area contributed by atoms with Crippen LogP contribution in [0, 0.1) is 6.42 Å². The predicted molar refractivity (Wildman–Crippen MR) is 35.6 cm³/mol. The van der Waals surface area contributed by atoms with Crippen molar-refractivity contribution in [2.45, 2.75) is 26.7 Å². The van der Waals surface area contributed by atoms with Crippen molar-refractivity contribution in [3.63, 3.8) is 0 Å². The van der Waals surface area contributed by atoms with Crippen LogP contribution in [0.2, 0.25) is 0 Å². The van der Waals surface area contributed by atoms with E-state index in [0.717, 1.165) is 12.8 Å². The van der Waals surface area contributed by atoms with Crippen molar-refractivity contribution in [1.29, 1.82) is 0 Å². The molecule has 0 unspecified atom stereocenters. The molecule has 0 aliphatic rings. The molecule has 1 N–H and O–H groups in total. The smallest absolute Gasteiger partial charge is 0.0918 e. The van der Waals surface area contributed by atoms with Crippen molar-refractivity contribution >= 4 is 0 Å². The van der Waals surface area contributed by atoms with Gasteiger partial charge in [0, 0.05) is 6.42 Å². The van der Waals surface area contributed by atoms with Crippen LogP contribution in [0.25, 0.3) is 0 Å². The summed E-state index contributed by atoms with van der Waals surface area (Å²) < 4.78 is 0. The molecule has 8 heavy (non-hydrogen) atoms. The van der Waals surface area contributed by atoms with Crippen molar-refractivity contribution in [3.05, 3.63) is 18.3 Å². The van der Waals surface area contributed by atoms with Crippen molar-refractivity contribution in [2.75, 3.05) is 0 Å². The van der Waals surface area contributed by atoms with Gasteiger partial charge in [0.05, 0.1) is 5.76 Å². The van der Waals surface area contributed by atoms with E-state index in [9.17, 15) is 0 Å². The maximum atomic E-state index is 8.79. The summed E-state index contributed by atoms with van der Waals surface area (Å²) >= 11 is 0. The Kier molecular flexibility index (Phi) is 4.42. The van der Waals surface area contributed by atoms with Gasteiger partial charge >= 0.3 is 0 Å². The summed E-state index contributed by atoms with van der Waals surface area (Å²) in [7, 11) is 0. The molecule has 0 saturated carbocycles. The van der Waals surface area contributed by atoms with Crippen LogP contribution in [0.4, 0.5) is 0 Å². The molecule has 1 nitrogen and oxygen atoms in total. The summed E-state index contributed by atoms with van der Waals surface area (Å²) in [6, 6.07) is 0. The first kappa shape index (κ1) is 7.54. The van der Waals surface area contributed by atoms with Gasteiger partial charge in [-0.25, -0.2) is 0 Å². The Morgan fingerprint density at radius 1 is 1.62 bits per heavy atom. The maximum Gasteiger partial charge on any atom is 0.0918 e. The molecule has 0 aliphatic heterocycles. The summed E-state index contributed by atoms with van der Waals surface area (Å²) in [6.07, 6.45) is 5.57. The fourth-order valence-corrected chi connectivity index (χ4v) is 0.410. The Morgan fingerprint density at radius 2 is 2.25 bits per heavy atom. The average molecular weight is 113 g/mol. The van der Waals surface area contributed by atoms with Gasteiger partial charge in [0.15, 0.2) is 0 Å². The minimum Gasteiger partial charge on any atom is -0.512 e. The number of unbranched alkanes of at least 4 members (excludes halogenated alkanes) is 1. The van der Waals surface area contributed by atoms with E-state index in [1.165, 1.54) is 0 Å². The fraction of sp³-hybridized carbons (Fsp3) is 0.571. The number of aliphatic hydroxyl groups excluding tert-OH is 1. The average Bonchev–Trinajstić information content (AvgIpc) is 1.83. The zero-order chi connectivity index (χ0) is 6.41. The first-order chi connectivity index (χ1) is 3.81. The fourth-order valence-electron chi connectivity index (χ4n) is 0.410. The second-order valence-corrected chi connectivity index (χ2v) is 1.71. The summed E-state index contributed by atoms with van der Waals surface area (Å²) in [5.41, 5.74) is 0. The topological polar surface area (TPSA) is 20.2 Å². The molecule has 1 radical (unpaired) electrons. The molecular weight excluding hydrogens is 100 g/mol. The van der Waals surface area contributed by atoms with Gasteiger partial charge in [-0.3, -0.25) is 0 Å². The van der Waals surface area contributed by atoms with Gasteiger partial charge in [-0.1, -0.05) is 13.3 Å². The Labute approximate surface area is 51.0 Å². The van der Waals surface area contributed by atoms with Crippen LogP contribution >= 0.6 is 0 Å². The first-order valence-electron chi connectivity index (χ1n) is 2.99. The van der Waals surface area contributed by atoms with Gasteiger partial charge in [-0.15, -0.1) is 0 Å². The molecule has 0 aromatic heterocycles. The quantitative estimate of drug-likeness (QED) is 0.557. The van der Waals surface area contributed by atoms with Gasteiger partial charge < -0.3 is 5.11 Å². The summed E-state index contributed by atoms with van der Waals surface area (Å²) in [5, 5.41) is 8.79. The van der Waals surface area contributed by atoms with Crippen LogP contribution in [-0.2, 0) is 0 Å². The van der Waals surface area contributed by atoms with E-state index >= 15 is 0 Å². The molecule has 0 saturated heterocycles. The molecule has 1 heteroatoms. The van der Waals surface area contributed by atoms with Crippen LogP contribution in [-0.4, -0.2) is 5.11 Å². The van der Waals surface area contributed by atoms with Crippen LogP contribution in [0.1, 0.15) is 26.7 Å². The van der Waals surface area contributed by atoms with E-state index in [1.54, 1.807) is 6.08 Å². The van der Waals surface area contributed by atoms with Crippen LogP contribution in [0.3, 0.4) is 0 Å². The van der Waals surface area contributed by atoms with Crippen LogP contribution in [0.5, 0.6) is 0 Å². The van der Waals surface area contributed by atoms with Gasteiger partial charge in [0.1, 0.15) is 0 Å². The molecule has 0 aliphatic carbocycles. The Bertz CT molecular complexity index is 74.5. The van der Waals surface area contributed by atoms with Gasteiger partial charge in [0.2, 0.25) is 0 Å². The number of allylic oxidation sites excluding steroid dienone is 2. The third-order valence-corrected chi connectivity index (χ3v) is 0.938. The molecule has 0 aromatic rings. The molecule has 0 rings (SSSR count). The van der Waals surface area contributed by atoms with E-state index in [1.807, 2.05) is 13.3 Å². The molecular formula is C7H13O. The molecule has 0 bridgehead atoms. The van der Waals surface area contributed by atoms with Gasteiger partial charge in [0.25, 0.3) is 0 Å². The lowest BCUT2D eigenvalue weighted by Gasteiger charge is -1.92. The molecule has 0 atom stereocenters. The van der Waals surface area contributed by atoms with E-state index in [-0.39, 0.29) is 0 Å². The highest BCUT2D eigenvalue weighted by atomic mass is 16.3. The third-order valence-electron chi connectivity index (χ3n) is 0.938. The summed E-state index contributed by atoms with van der Waals surface area (Å²) in [4.78, 5) is 0. The van der Waals surface area contributed by atoms with E-state index < -0.39 is 0 Å². The van der Waals surface area contributed by atoms with Gasteiger partial charge in [-0.05, 0) is 19.4 Å². The SMILES string of the molecule is C/C=C(/O)[CH]CCC. The van der Waals surface area contributed by atoms with Crippen molar-refractivity contribution in [1.82, 2.24) is 0 Å². The predicted octanol–water partition coefficient (Wildman–Crippen LogP) is 2.45. The monoisotopic (exact) mass is 113 g/mol. The second kappa shape index (κ2) is 4.69. The number of rotatable bonds is 3. The highest BCUT2D eigenvalue weighted by molar-refractivity contribution is 5.00. The van der Waals surface area contributed by atoms with Crippen molar-refractivity contribution in [2.24, 2.45) is 0 Å². The lowest BCUT2D eigenvalue weighted by Crippen LogP contribution is -1.79. The molecule has 0 heterocycles.